The van der Waals surface area contributed by atoms with E-state index in [0.29, 0.717) is 12.1 Å². The topological polar surface area (TPSA) is 21.3 Å². The molecule has 0 aliphatic carbocycles. The first-order chi connectivity index (χ1) is 9.11. The van der Waals surface area contributed by atoms with Crippen LogP contribution in [0.25, 0.3) is 0 Å². The summed E-state index contributed by atoms with van der Waals surface area (Å²) in [5.41, 5.74) is 2.47. The molecular weight excluding hydrogens is 265 g/mol. The van der Waals surface area contributed by atoms with Crippen LogP contribution in [0.15, 0.2) is 36.4 Å². The molecule has 0 aromatic heterocycles. The molecule has 1 N–H and O–H groups in total. The molecule has 0 unspecified atom stereocenters. The van der Waals surface area contributed by atoms with E-state index < -0.39 is 0 Å². The Bertz CT molecular complexity index is 586. The van der Waals surface area contributed by atoms with E-state index >= 15 is 0 Å². The third-order valence-electron chi connectivity index (χ3n) is 2.86. The summed E-state index contributed by atoms with van der Waals surface area (Å²) < 4.78 is 19.0. The predicted molar refractivity (Wildman–Crippen MR) is 76.5 cm³/mol. The van der Waals surface area contributed by atoms with E-state index in [4.69, 9.17) is 16.3 Å². The third kappa shape index (κ3) is 3.18. The fourth-order valence-corrected chi connectivity index (χ4v) is 2.03. The van der Waals surface area contributed by atoms with Crippen LogP contribution in [0.4, 0.5) is 10.1 Å². The van der Waals surface area contributed by atoms with E-state index in [0.717, 1.165) is 17.0 Å². The Labute approximate surface area is 117 Å². The molecule has 0 saturated carbocycles. The van der Waals surface area contributed by atoms with Crippen molar-refractivity contribution in [2.24, 2.45) is 0 Å². The number of rotatable bonds is 4. The number of methoxy groups -OCH3 is 1. The van der Waals surface area contributed by atoms with Gasteiger partial charge >= 0.3 is 0 Å². The Balaban J connectivity index is 2.18. The molecule has 0 fully saturated rings. The predicted octanol–water partition coefficient (Wildman–Crippen LogP) is 4.41. The van der Waals surface area contributed by atoms with Crippen molar-refractivity contribution in [3.05, 3.63) is 58.4 Å². The van der Waals surface area contributed by atoms with Gasteiger partial charge < -0.3 is 10.1 Å². The van der Waals surface area contributed by atoms with E-state index in [1.807, 2.05) is 25.1 Å². The van der Waals surface area contributed by atoms with E-state index in [2.05, 4.69) is 5.32 Å². The second kappa shape index (κ2) is 5.93. The highest BCUT2D eigenvalue weighted by molar-refractivity contribution is 6.30. The van der Waals surface area contributed by atoms with Gasteiger partial charge in [-0.2, -0.15) is 0 Å². The first kappa shape index (κ1) is 13.7. The maximum absolute atomic E-state index is 13.8. The summed E-state index contributed by atoms with van der Waals surface area (Å²) in [6, 6.07) is 10.8. The SMILES string of the molecule is COc1ccc(C)cc1NCc1cccc(Cl)c1F. The molecule has 2 nitrogen and oxygen atoms in total. The molecule has 0 aliphatic rings. The van der Waals surface area contributed by atoms with Crippen molar-refractivity contribution in [2.75, 3.05) is 12.4 Å². The van der Waals surface area contributed by atoms with E-state index in [1.165, 1.54) is 6.07 Å². The molecular formula is C15H15ClFNO. The van der Waals surface area contributed by atoms with Crippen LogP contribution in [0.5, 0.6) is 5.75 Å². The van der Waals surface area contributed by atoms with Crippen LogP contribution in [0.3, 0.4) is 0 Å². The fraction of sp³-hybridized carbons (Fsp3) is 0.200. The summed E-state index contributed by atoms with van der Waals surface area (Å²) in [7, 11) is 1.61. The van der Waals surface area contributed by atoms with Crippen molar-refractivity contribution in [3.63, 3.8) is 0 Å². The zero-order valence-corrected chi connectivity index (χ0v) is 11.6. The van der Waals surface area contributed by atoms with E-state index in [-0.39, 0.29) is 10.8 Å². The van der Waals surface area contributed by atoms with Crippen LogP contribution in [-0.4, -0.2) is 7.11 Å². The molecule has 0 aliphatic heterocycles. The van der Waals surface area contributed by atoms with E-state index in [9.17, 15) is 4.39 Å². The van der Waals surface area contributed by atoms with Gasteiger partial charge in [-0.1, -0.05) is 29.8 Å². The second-order valence-electron chi connectivity index (χ2n) is 4.27. The molecule has 4 heteroatoms. The van der Waals surface area contributed by atoms with Gasteiger partial charge in [0.2, 0.25) is 0 Å². The zero-order chi connectivity index (χ0) is 13.8. The Hall–Kier alpha value is -1.74. The van der Waals surface area contributed by atoms with Gasteiger partial charge in [0.15, 0.2) is 0 Å². The third-order valence-corrected chi connectivity index (χ3v) is 3.15. The number of halogens is 2. The lowest BCUT2D eigenvalue weighted by molar-refractivity contribution is 0.416. The molecule has 100 valence electrons. The van der Waals surface area contributed by atoms with Gasteiger partial charge in [0.05, 0.1) is 17.8 Å². The van der Waals surface area contributed by atoms with Crippen LogP contribution < -0.4 is 10.1 Å². The van der Waals surface area contributed by atoms with Gasteiger partial charge in [0.25, 0.3) is 0 Å². The Kier molecular flexibility index (Phi) is 4.27. The maximum Gasteiger partial charge on any atom is 0.146 e. The maximum atomic E-state index is 13.8. The summed E-state index contributed by atoms with van der Waals surface area (Å²) in [6.07, 6.45) is 0. The molecule has 2 rings (SSSR count). The number of hydrogen-bond acceptors (Lipinski definition) is 2. The van der Waals surface area contributed by atoms with Gasteiger partial charge in [-0.25, -0.2) is 4.39 Å². The van der Waals surface area contributed by atoms with Crippen molar-refractivity contribution in [1.29, 1.82) is 0 Å². The highest BCUT2D eigenvalue weighted by Gasteiger charge is 2.07. The molecule has 2 aromatic rings. The monoisotopic (exact) mass is 279 g/mol. The second-order valence-corrected chi connectivity index (χ2v) is 4.68. The quantitative estimate of drug-likeness (QED) is 0.895. The van der Waals surface area contributed by atoms with Crippen molar-refractivity contribution in [1.82, 2.24) is 0 Å². The largest absolute Gasteiger partial charge is 0.495 e. The summed E-state index contributed by atoms with van der Waals surface area (Å²) >= 11 is 5.75. The number of nitrogens with one attached hydrogen (secondary N) is 1. The molecule has 0 atom stereocenters. The molecule has 2 aromatic carbocycles. The van der Waals surface area contributed by atoms with Gasteiger partial charge in [0, 0.05) is 12.1 Å². The van der Waals surface area contributed by atoms with Gasteiger partial charge in [0.1, 0.15) is 11.6 Å². The Morgan fingerprint density at radius 1 is 1.26 bits per heavy atom. The standard InChI is InChI=1S/C15H15ClFNO/c1-10-6-7-14(19-2)13(8-10)18-9-11-4-3-5-12(16)15(11)17/h3-8,18H,9H2,1-2H3. The molecule has 0 amide bonds. The summed E-state index contributed by atoms with van der Waals surface area (Å²) in [5, 5.41) is 3.30. The lowest BCUT2D eigenvalue weighted by Crippen LogP contribution is -2.03. The smallest absolute Gasteiger partial charge is 0.146 e. The summed E-state index contributed by atoms with van der Waals surface area (Å²) in [4.78, 5) is 0. The molecule has 0 radical (unpaired) electrons. The van der Waals surface area contributed by atoms with Crippen LogP contribution in [0.2, 0.25) is 5.02 Å². The average molecular weight is 280 g/mol. The minimum Gasteiger partial charge on any atom is -0.495 e. The number of hydrogen-bond donors (Lipinski definition) is 1. The van der Waals surface area contributed by atoms with Crippen molar-refractivity contribution in [2.45, 2.75) is 13.5 Å². The van der Waals surface area contributed by atoms with Crippen LogP contribution in [0.1, 0.15) is 11.1 Å². The minimum atomic E-state index is -0.386. The normalized spacial score (nSPS) is 10.3. The van der Waals surface area contributed by atoms with Crippen molar-refractivity contribution < 1.29 is 9.13 Å². The summed E-state index contributed by atoms with van der Waals surface area (Å²) in [5.74, 6) is 0.344. The highest BCUT2D eigenvalue weighted by atomic mass is 35.5. The fourth-order valence-electron chi connectivity index (χ4n) is 1.84. The Morgan fingerprint density at radius 2 is 2.05 bits per heavy atom. The van der Waals surface area contributed by atoms with Gasteiger partial charge in [-0.3, -0.25) is 0 Å². The number of benzene rings is 2. The number of ether oxygens (including phenoxy) is 1. The highest BCUT2D eigenvalue weighted by Crippen LogP contribution is 2.26. The molecule has 0 bridgehead atoms. The average Bonchev–Trinajstić information content (AvgIpc) is 2.40. The zero-order valence-electron chi connectivity index (χ0n) is 10.8. The van der Waals surface area contributed by atoms with Crippen LogP contribution in [0, 0.1) is 12.7 Å². The lowest BCUT2D eigenvalue weighted by atomic mass is 10.1. The Morgan fingerprint density at radius 3 is 2.79 bits per heavy atom. The first-order valence-electron chi connectivity index (χ1n) is 5.93. The molecule has 0 spiro atoms. The minimum absolute atomic E-state index is 0.135. The molecule has 0 saturated heterocycles. The summed E-state index contributed by atoms with van der Waals surface area (Å²) in [6.45, 7) is 2.34. The number of anilines is 1. The lowest BCUT2D eigenvalue weighted by Gasteiger charge is -2.12. The van der Waals surface area contributed by atoms with Gasteiger partial charge in [-0.15, -0.1) is 0 Å². The van der Waals surface area contributed by atoms with Crippen LogP contribution in [-0.2, 0) is 6.54 Å². The van der Waals surface area contributed by atoms with Crippen LogP contribution >= 0.6 is 11.6 Å². The first-order valence-corrected chi connectivity index (χ1v) is 6.31. The molecule has 0 heterocycles. The van der Waals surface area contributed by atoms with E-state index in [1.54, 1.807) is 19.2 Å². The molecule has 19 heavy (non-hydrogen) atoms. The van der Waals surface area contributed by atoms with Gasteiger partial charge in [-0.05, 0) is 30.7 Å². The number of aryl methyl sites for hydroxylation is 1. The van der Waals surface area contributed by atoms with Crippen molar-refractivity contribution >= 4 is 17.3 Å². The van der Waals surface area contributed by atoms with Crippen molar-refractivity contribution in [3.8, 4) is 5.75 Å².